The predicted octanol–water partition coefficient (Wildman–Crippen LogP) is 3.92. The SMILES string of the molecule is CCc1c(C#N)c(SCc2ccc(CCC(=O)CN)cc2)nc(N(C)CCN(CC)CC)c1C#N. The average molecular weight is 493 g/mol. The number of benzene rings is 1. The first-order valence-electron chi connectivity index (χ1n) is 12.1. The number of carbonyl (C=O) groups is 1. The molecular formula is C27H36N6OS. The third-order valence-corrected chi connectivity index (χ3v) is 7.20. The number of nitriles is 2. The molecule has 0 radical (unpaired) electrons. The molecule has 0 atom stereocenters. The molecule has 0 amide bonds. The van der Waals surface area contributed by atoms with Gasteiger partial charge in [-0.3, -0.25) is 4.79 Å². The summed E-state index contributed by atoms with van der Waals surface area (Å²) >= 11 is 1.52. The average Bonchev–Trinajstić information content (AvgIpc) is 2.90. The first-order chi connectivity index (χ1) is 16.9. The first-order valence-corrected chi connectivity index (χ1v) is 13.1. The van der Waals surface area contributed by atoms with Gasteiger partial charge in [0, 0.05) is 32.3 Å². The molecule has 2 aromatic rings. The second-order valence-electron chi connectivity index (χ2n) is 8.34. The Morgan fingerprint density at radius 1 is 1.03 bits per heavy atom. The van der Waals surface area contributed by atoms with Crippen LogP contribution in [0.5, 0.6) is 0 Å². The summed E-state index contributed by atoms with van der Waals surface area (Å²) in [5.74, 6) is 1.35. The largest absolute Gasteiger partial charge is 0.357 e. The number of aryl methyl sites for hydroxylation is 1. The highest BCUT2D eigenvalue weighted by Crippen LogP contribution is 2.33. The molecule has 0 saturated carbocycles. The number of anilines is 1. The molecule has 0 unspecified atom stereocenters. The van der Waals surface area contributed by atoms with E-state index < -0.39 is 0 Å². The molecule has 8 heteroatoms. The van der Waals surface area contributed by atoms with Crippen molar-refractivity contribution in [3.05, 3.63) is 52.1 Å². The predicted molar refractivity (Wildman–Crippen MR) is 142 cm³/mol. The fourth-order valence-electron chi connectivity index (χ4n) is 3.84. The number of nitrogens with zero attached hydrogens (tertiary/aromatic N) is 5. The molecule has 0 bridgehead atoms. The van der Waals surface area contributed by atoms with Crippen LogP contribution in [-0.2, 0) is 23.4 Å². The van der Waals surface area contributed by atoms with Gasteiger partial charge in [-0.25, -0.2) is 4.98 Å². The number of hydrogen-bond donors (Lipinski definition) is 1. The van der Waals surface area contributed by atoms with Crippen LogP contribution < -0.4 is 10.6 Å². The number of pyridine rings is 1. The highest BCUT2D eigenvalue weighted by molar-refractivity contribution is 7.98. The normalized spacial score (nSPS) is 10.7. The van der Waals surface area contributed by atoms with E-state index in [9.17, 15) is 15.3 Å². The Hall–Kier alpha value is -2.91. The summed E-state index contributed by atoms with van der Waals surface area (Å²) in [5.41, 5.74) is 9.33. The monoisotopic (exact) mass is 492 g/mol. The number of Topliss-reactive ketones (excluding diaryl/α,β-unsaturated/α-hetero) is 1. The molecule has 0 aliphatic rings. The van der Waals surface area contributed by atoms with Crippen LogP contribution in [0.15, 0.2) is 29.3 Å². The molecule has 35 heavy (non-hydrogen) atoms. The van der Waals surface area contributed by atoms with E-state index in [-0.39, 0.29) is 12.3 Å². The Morgan fingerprint density at radius 3 is 2.20 bits per heavy atom. The molecule has 1 aromatic carbocycles. The fourth-order valence-corrected chi connectivity index (χ4v) is 4.80. The Bertz CT molecular complexity index is 1070. The van der Waals surface area contributed by atoms with Gasteiger partial charge >= 0.3 is 0 Å². The number of likely N-dealkylation sites (N-methyl/N-ethyl adjacent to an activating group) is 2. The summed E-state index contributed by atoms with van der Waals surface area (Å²) in [5, 5.41) is 20.5. The van der Waals surface area contributed by atoms with Crippen LogP contribution in [0.25, 0.3) is 0 Å². The van der Waals surface area contributed by atoms with Crippen LogP contribution >= 0.6 is 11.8 Å². The summed E-state index contributed by atoms with van der Waals surface area (Å²) in [6.07, 6.45) is 1.73. The van der Waals surface area contributed by atoms with Crippen molar-refractivity contribution in [3.63, 3.8) is 0 Å². The van der Waals surface area contributed by atoms with Gasteiger partial charge in [0.2, 0.25) is 0 Å². The van der Waals surface area contributed by atoms with Crippen LogP contribution in [-0.4, -0.2) is 55.4 Å². The lowest BCUT2D eigenvalue weighted by atomic mass is 10.0. The molecule has 7 nitrogen and oxygen atoms in total. The molecule has 0 fully saturated rings. The Labute approximate surface area is 213 Å². The van der Waals surface area contributed by atoms with Crippen molar-refractivity contribution in [3.8, 4) is 12.1 Å². The van der Waals surface area contributed by atoms with Crippen LogP contribution in [0.3, 0.4) is 0 Å². The number of rotatable bonds is 14. The van der Waals surface area contributed by atoms with Gasteiger partial charge in [-0.2, -0.15) is 10.5 Å². The second kappa shape index (κ2) is 14.5. The van der Waals surface area contributed by atoms with Crippen molar-refractivity contribution >= 4 is 23.4 Å². The summed E-state index contributed by atoms with van der Waals surface area (Å²) < 4.78 is 0. The highest BCUT2D eigenvalue weighted by Gasteiger charge is 2.21. The topological polar surface area (TPSA) is 110 Å². The minimum Gasteiger partial charge on any atom is -0.357 e. The lowest BCUT2D eigenvalue weighted by Crippen LogP contribution is -2.34. The molecule has 0 saturated heterocycles. The summed E-state index contributed by atoms with van der Waals surface area (Å²) in [4.78, 5) is 20.6. The van der Waals surface area contributed by atoms with Gasteiger partial charge in [-0.1, -0.05) is 45.0 Å². The van der Waals surface area contributed by atoms with Crippen molar-refractivity contribution in [1.82, 2.24) is 9.88 Å². The van der Waals surface area contributed by atoms with Crippen molar-refractivity contribution in [2.24, 2.45) is 5.73 Å². The maximum atomic E-state index is 11.5. The minimum absolute atomic E-state index is 0.0603. The third kappa shape index (κ3) is 7.80. The number of aromatic nitrogens is 1. The summed E-state index contributed by atoms with van der Waals surface area (Å²) in [6, 6.07) is 12.8. The molecule has 0 aliphatic carbocycles. The number of nitrogens with two attached hydrogens (primary N) is 1. The lowest BCUT2D eigenvalue weighted by Gasteiger charge is -2.26. The quantitative estimate of drug-likeness (QED) is 0.395. The van der Waals surface area contributed by atoms with Gasteiger partial charge in [0.25, 0.3) is 0 Å². The second-order valence-corrected chi connectivity index (χ2v) is 9.31. The van der Waals surface area contributed by atoms with Gasteiger partial charge in [-0.15, -0.1) is 11.8 Å². The number of hydrogen-bond acceptors (Lipinski definition) is 8. The van der Waals surface area contributed by atoms with Gasteiger partial charge in [-0.05, 0) is 42.6 Å². The maximum Gasteiger partial charge on any atom is 0.148 e. The third-order valence-electron chi connectivity index (χ3n) is 6.15. The molecule has 1 heterocycles. The summed E-state index contributed by atoms with van der Waals surface area (Å²) in [6.45, 7) is 9.90. The number of carbonyl (C=O) groups excluding carboxylic acids is 1. The van der Waals surface area contributed by atoms with E-state index in [2.05, 4.69) is 30.9 Å². The maximum absolute atomic E-state index is 11.5. The van der Waals surface area contributed by atoms with Gasteiger partial charge in [0.15, 0.2) is 0 Å². The molecule has 186 valence electrons. The van der Waals surface area contributed by atoms with Crippen molar-refractivity contribution in [2.45, 2.75) is 50.8 Å². The fraction of sp³-hybridized carbons (Fsp3) is 0.481. The molecule has 1 aromatic heterocycles. The number of thioether (sulfide) groups is 1. The molecule has 2 N–H and O–H groups in total. The van der Waals surface area contributed by atoms with Gasteiger partial charge in [0.1, 0.15) is 28.8 Å². The molecule has 0 spiro atoms. The van der Waals surface area contributed by atoms with E-state index in [0.717, 1.165) is 42.9 Å². The van der Waals surface area contributed by atoms with Gasteiger partial charge < -0.3 is 15.5 Å². The van der Waals surface area contributed by atoms with E-state index in [1.165, 1.54) is 11.8 Å². The highest BCUT2D eigenvalue weighted by atomic mass is 32.2. The van der Waals surface area contributed by atoms with Crippen molar-refractivity contribution in [2.75, 3.05) is 44.7 Å². The standard InChI is InChI=1S/C27H36N6OS/c1-5-23-24(17-29)26(32(4)14-15-33(6-2)7-3)31-27(25(23)18-30)35-19-21-10-8-20(9-11-21)12-13-22(34)16-28/h8-11H,5-7,12-16,19,28H2,1-4H3. The zero-order valence-electron chi connectivity index (χ0n) is 21.3. The van der Waals surface area contributed by atoms with Crippen LogP contribution in [0.4, 0.5) is 5.82 Å². The van der Waals surface area contributed by atoms with E-state index in [0.29, 0.717) is 47.0 Å². The van der Waals surface area contributed by atoms with Crippen molar-refractivity contribution < 1.29 is 4.79 Å². The van der Waals surface area contributed by atoms with Crippen molar-refractivity contribution in [1.29, 1.82) is 10.5 Å². The zero-order valence-corrected chi connectivity index (χ0v) is 22.1. The number of ketones is 1. The first kappa shape index (κ1) is 28.3. The van der Waals surface area contributed by atoms with Crippen LogP contribution in [0.2, 0.25) is 0 Å². The van der Waals surface area contributed by atoms with E-state index >= 15 is 0 Å². The molecular weight excluding hydrogens is 456 g/mol. The lowest BCUT2D eigenvalue weighted by molar-refractivity contribution is -0.117. The van der Waals surface area contributed by atoms with E-state index in [1.54, 1.807) is 0 Å². The van der Waals surface area contributed by atoms with E-state index in [1.807, 2.05) is 43.1 Å². The van der Waals surface area contributed by atoms with E-state index in [4.69, 9.17) is 10.7 Å². The summed E-state index contributed by atoms with van der Waals surface area (Å²) in [7, 11) is 1.96. The van der Waals surface area contributed by atoms with Crippen LogP contribution in [0.1, 0.15) is 55.0 Å². The Kier molecular flexibility index (Phi) is 11.7. The smallest absolute Gasteiger partial charge is 0.148 e. The minimum atomic E-state index is 0.0603. The van der Waals surface area contributed by atoms with Gasteiger partial charge in [0.05, 0.1) is 17.7 Å². The Balaban J connectivity index is 2.26. The Morgan fingerprint density at radius 2 is 1.66 bits per heavy atom. The molecule has 0 aliphatic heterocycles. The van der Waals surface area contributed by atoms with Crippen LogP contribution in [0, 0.1) is 22.7 Å². The zero-order chi connectivity index (χ0) is 25.8. The molecule has 2 rings (SSSR count).